The van der Waals surface area contributed by atoms with Gasteiger partial charge in [-0.05, 0) is 39.3 Å². The van der Waals surface area contributed by atoms with E-state index in [1.165, 1.54) is 13.0 Å². The number of benzene rings is 1. The highest BCUT2D eigenvalue weighted by atomic mass is 16.6. The van der Waals surface area contributed by atoms with Gasteiger partial charge in [-0.3, -0.25) is 9.59 Å². The van der Waals surface area contributed by atoms with Crippen molar-refractivity contribution in [3.8, 4) is 0 Å². The molecule has 0 unspecified atom stereocenters. The van der Waals surface area contributed by atoms with E-state index in [0.29, 0.717) is 6.61 Å². The fourth-order valence-electron chi connectivity index (χ4n) is 2.09. The Morgan fingerprint density at radius 2 is 1.83 bits per heavy atom. The highest BCUT2D eigenvalue weighted by molar-refractivity contribution is 5.88. The minimum atomic E-state index is -0.873. The molecule has 0 aromatic heterocycles. The molecular weight excluding hydrogens is 376 g/mol. The molecule has 2 amide bonds. The van der Waals surface area contributed by atoms with E-state index in [9.17, 15) is 14.4 Å². The molecule has 160 valence electrons. The maximum atomic E-state index is 12.0. The fraction of sp³-hybridized carbons (Fsp3) is 0.476. The summed E-state index contributed by atoms with van der Waals surface area (Å²) < 4.78 is 15.8. The summed E-state index contributed by atoms with van der Waals surface area (Å²) in [5, 5.41) is 4.80. The van der Waals surface area contributed by atoms with Crippen LogP contribution in [0.3, 0.4) is 0 Å². The normalized spacial score (nSPS) is 13.0. The van der Waals surface area contributed by atoms with Gasteiger partial charge >= 0.3 is 12.1 Å². The summed E-state index contributed by atoms with van der Waals surface area (Å²) in [5.41, 5.74) is 0.326. The molecule has 8 heteroatoms. The summed E-state index contributed by atoms with van der Waals surface area (Å²) in [7, 11) is 0. The van der Waals surface area contributed by atoms with E-state index in [0.717, 1.165) is 5.56 Å². The fourth-order valence-corrected chi connectivity index (χ4v) is 2.09. The van der Waals surface area contributed by atoms with Crippen LogP contribution in [0.4, 0.5) is 4.79 Å². The standard InChI is InChI=1S/C21H30N2O6/c1-6-17(14-27-13-16-10-8-7-9-11-16)28-18(24)12-22-19(25)15(2)23-20(26)29-21(3,4)5/h6-11,15,17H,1,12-14H2,2-5H3,(H,22,25)(H,23,26)/t15-,17+/m0/s1. The molecule has 0 aliphatic carbocycles. The third-order valence-corrected chi connectivity index (χ3v) is 3.47. The molecule has 0 spiro atoms. The lowest BCUT2D eigenvalue weighted by Gasteiger charge is -2.21. The average molecular weight is 406 g/mol. The van der Waals surface area contributed by atoms with E-state index in [1.54, 1.807) is 20.8 Å². The largest absolute Gasteiger partial charge is 0.454 e. The Morgan fingerprint density at radius 3 is 2.41 bits per heavy atom. The lowest BCUT2D eigenvalue weighted by Crippen LogP contribution is -2.47. The Kier molecular flexibility index (Phi) is 9.88. The van der Waals surface area contributed by atoms with Crippen LogP contribution in [0.15, 0.2) is 43.0 Å². The van der Waals surface area contributed by atoms with Gasteiger partial charge in [-0.25, -0.2) is 4.79 Å². The van der Waals surface area contributed by atoms with Gasteiger partial charge in [0, 0.05) is 0 Å². The molecule has 1 rings (SSSR count). The monoisotopic (exact) mass is 406 g/mol. The zero-order chi connectivity index (χ0) is 21.9. The number of esters is 1. The Balaban J connectivity index is 2.31. The van der Waals surface area contributed by atoms with Gasteiger partial charge in [-0.2, -0.15) is 0 Å². The van der Waals surface area contributed by atoms with Gasteiger partial charge in [0.2, 0.25) is 5.91 Å². The Hall–Kier alpha value is -2.87. The highest BCUT2D eigenvalue weighted by Gasteiger charge is 2.21. The second-order valence-electron chi connectivity index (χ2n) is 7.35. The molecule has 0 bridgehead atoms. The van der Waals surface area contributed by atoms with Crippen LogP contribution in [-0.2, 0) is 30.4 Å². The van der Waals surface area contributed by atoms with Gasteiger partial charge in [0.25, 0.3) is 0 Å². The van der Waals surface area contributed by atoms with E-state index in [2.05, 4.69) is 17.2 Å². The Labute approximate surface area is 171 Å². The number of ether oxygens (including phenoxy) is 3. The van der Waals surface area contributed by atoms with E-state index in [4.69, 9.17) is 14.2 Å². The van der Waals surface area contributed by atoms with Crippen LogP contribution in [-0.4, -0.2) is 48.9 Å². The first-order valence-electron chi connectivity index (χ1n) is 9.31. The molecule has 2 atom stereocenters. The van der Waals surface area contributed by atoms with Crippen molar-refractivity contribution in [1.29, 1.82) is 0 Å². The Bertz CT molecular complexity index is 684. The zero-order valence-corrected chi connectivity index (χ0v) is 17.4. The van der Waals surface area contributed by atoms with Crippen LogP contribution in [0, 0.1) is 0 Å². The van der Waals surface area contributed by atoms with Crippen molar-refractivity contribution >= 4 is 18.0 Å². The van der Waals surface area contributed by atoms with Gasteiger partial charge in [-0.15, -0.1) is 0 Å². The van der Waals surface area contributed by atoms with Crippen LogP contribution < -0.4 is 10.6 Å². The van der Waals surface area contributed by atoms with Crippen molar-refractivity contribution in [2.24, 2.45) is 0 Å². The van der Waals surface area contributed by atoms with E-state index >= 15 is 0 Å². The summed E-state index contributed by atoms with van der Waals surface area (Å²) in [5.74, 6) is -1.18. The van der Waals surface area contributed by atoms with Crippen LogP contribution in [0.1, 0.15) is 33.3 Å². The van der Waals surface area contributed by atoms with Crippen molar-refractivity contribution < 1.29 is 28.6 Å². The van der Waals surface area contributed by atoms with Gasteiger partial charge in [0.1, 0.15) is 24.3 Å². The van der Waals surface area contributed by atoms with Crippen molar-refractivity contribution in [3.63, 3.8) is 0 Å². The van der Waals surface area contributed by atoms with E-state index in [1.807, 2.05) is 30.3 Å². The maximum Gasteiger partial charge on any atom is 0.408 e. The van der Waals surface area contributed by atoms with Crippen LogP contribution in [0.5, 0.6) is 0 Å². The second-order valence-corrected chi connectivity index (χ2v) is 7.35. The number of alkyl carbamates (subject to hydrolysis) is 1. The summed E-state index contributed by atoms with van der Waals surface area (Å²) in [6, 6.07) is 8.71. The molecule has 0 aliphatic rings. The number of carbonyl (C=O) groups is 3. The summed E-state index contributed by atoms with van der Waals surface area (Å²) in [6.45, 7) is 10.4. The number of amides is 2. The van der Waals surface area contributed by atoms with Crippen LogP contribution >= 0.6 is 0 Å². The SMILES string of the molecule is C=C[C@H](COCc1ccccc1)OC(=O)CNC(=O)[C@H](C)NC(=O)OC(C)(C)C. The van der Waals surface area contributed by atoms with E-state index in [-0.39, 0.29) is 13.2 Å². The lowest BCUT2D eigenvalue weighted by atomic mass is 10.2. The van der Waals surface area contributed by atoms with Crippen molar-refractivity contribution in [3.05, 3.63) is 48.6 Å². The molecular formula is C21H30N2O6. The van der Waals surface area contributed by atoms with Gasteiger partial charge in [0.15, 0.2) is 0 Å². The number of hydrogen-bond acceptors (Lipinski definition) is 6. The van der Waals surface area contributed by atoms with Gasteiger partial charge in [-0.1, -0.05) is 36.9 Å². The maximum absolute atomic E-state index is 12.0. The minimum absolute atomic E-state index is 0.148. The van der Waals surface area contributed by atoms with Crippen LogP contribution in [0.25, 0.3) is 0 Å². The molecule has 0 saturated carbocycles. The molecule has 0 aliphatic heterocycles. The third kappa shape index (κ3) is 10.9. The molecule has 0 saturated heterocycles. The molecule has 0 heterocycles. The summed E-state index contributed by atoms with van der Waals surface area (Å²) in [4.78, 5) is 35.6. The minimum Gasteiger partial charge on any atom is -0.454 e. The number of carbonyl (C=O) groups excluding carboxylic acids is 3. The number of nitrogens with one attached hydrogen (secondary N) is 2. The predicted octanol–water partition coefficient (Wildman–Crippen LogP) is 2.33. The van der Waals surface area contributed by atoms with Crippen molar-refractivity contribution in [2.45, 2.75) is 52.0 Å². The first-order valence-corrected chi connectivity index (χ1v) is 9.31. The van der Waals surface area contributed by atoms with Gasteiger partial charge in [0.05, 0.1) is 13.2 Å². The third-order valence-electron chi connectivity index (χ3n) is 3.47. The van der Waals surface area contributed by atoms with Crippen LogP contribution in [0.2, 0.25) is 0 Å². The summed E-state index contributed by atoms with van der Waals surface area (Å²) in [6.07, 6.45) is 0.0997. The first-order chi connectivity index (χ1) is 13.6. The zero-order valence-electron chi connectivity index (χ0n) is 17.4. The molecule has 0 fully saturated rings. The second kappa shape index (κ2) is 11.9. The molecule has 29 heavy (non-hydrogen) atoms. The smallest absolute Gasteiger partial charge is 0.408 e. The van der Waals surface area contributed by atoms with E-state index < -0.39 is 35.7 Å². The lowest BCUT2D eigenvalue weighted by molar-refractivity contribution is -0.149. The molecule has 8 nitrogen and oxygen atoms in total. The molecule has 1 aromatic rings. The molecule has 1 aromatic carbocycles. The molecule has 0 radical (unpaired) electrons. The quantitative estimate of drug-likeness (QED) is 0.457. The first kappa shape index (κ1) is 24.2. The average Bonchev–Trinajstić information content (AvgIpc) is 2.64. The topological polar surface area (TPSA) is 103 Å². The number of rotatable bonds is 10. The Morgan fingerprint density at radius 1 is 1.17 bits per heavy atom. The van der Waals surface area contributed by atoms with Crippen molar-refractivity contribution in [1.82, 2.24) is 10.6 Å². The van der Waals surface area contributed by atoms with Gasteiger partial charge < -0.3 is 24.8 Å². The predicted molar refractivity (Wildman–Crippen MR) is 108 cm³/mol. The molecule has 2 N–H and O–H groups in total. The number of hydrogen-bond donors (Lipinski definition) is 2. The summed E-state index contributed by atoms with van der Waals surface area (Å²) >= 11 is 0. The van der Waals surface area contributed by atoms with Crippen molar-refractivity contribution in [2.75, 3.05) is 13.2 Å². The highest BCUT2D eigenvalue weighted by Crippen LogP contribution is 2.07.